The summed E-state index contributed by atoms with van der Waals surface area (Å²) < 4.78 is 6.63. The van der Waals surface area contributed by atoms with Crippen LogP contribution in [0.25, 0.3) is 11.1 Å². The van der Waals surface area contributed by atoms with Crippen molar-refractivity contribution in [3.8, 4) is 16.9 Å². The van der Waals surface area contributed by atoms with Gasteiger partial charge in [-0.1, -0.05) is 67.6 Å². The highest BCUT2D eigenvalue weighted by molar-refractivity contribution is 6.06. The number of rotatable bonds is 9. The molecule has 1 aliphatic rings. The number of para-hydroxylation sites is 1. The van der Waals surface area contributed by atoms with Crippen molar-refractivity contribution >= 4 is 17.5 Å². The summed E-state index contributed by atoms with van der Waals surface area (Å²) >= 11 is 0. The minimum absolute atomic E-state index is 0.0715. The van der Waals surface area contributed by atoms with E-state index in [1.165, 1.54) is 35.3 Å². The molecule has 0 fully saturated rings. The van der Waals surface area contributed by atoms with Gasteiger partial charge in [-0.3, -0.25) is 19.5 Å². The molecule has 2 amide bonds. The SMILES string of the molecule is C[C@@H]1CN([C@H](C)CO)C(=O)c2cccc(NC(=O)c3cnccn3)c2O[C@H]1CN(C)Cc1ccc(-c2ccccc2)cc1. The fourth-order valence-electron chi connectivity index (χ4n) is 5.28. The molecule has 0 unspecified atom stereocenters. The van der Waals surface area contributed by atoms with Crippen LogP contribution in [0.4, 0.5) is 5.69 Å². The number of benzene rings is 3. The molecular formula is C34H37N5O4. The van der Waals surface area contributed by atoms with Gasteiger partial charge < -0.3 is 20.1 Å². The topological polar surface area (TPSA) is 108 Å². The Hall–Kier alpha value is -4.60. The van der Waals surface area contributed by atoms with Gasteiger partial charge in [-0.25, -0.2) is 4.98 Å². The number of carbonyl (C=O) groups excluding carboxylic acids is 2. The van der Waals surface area contributed by atoms with E-state index in [1.54, 1.807) is 23.1 Å². The lowest BCUT2D eigenvalue weighted by molar-refractivity contribution is 0.0343. The first-order valence-electron chi connectivity index (χ1n) is 14.5. The summed E-state index contributed by atoms with van der Waals surface area (Å²) in [4.78, 5) is 38.7. The zero-order valence-electron chi connectivity index (χ0n) is 24.7. The highest BCUT2D eigenvalue weighted by Gasteiger charge is 2.34. The summed E-state index contributed by atoms with van der Waals surface area (Å²) in [7, 11) is 2.04. The molecule has 0 saturated carbocycles. The molecule has 2 heterocycles. The zero-order chi connectivity index (χ0) is 30.3. The monoisotopic (exact) mass is 579 g/mol. The first kappa shape index (κ1) is 29.9. The molecule has 9 heteroatoms. The van der Waals surface area contributed by atoms with E-state index in [0.717, 1.165) is 0 Å². The second-order valence-corrected chi connectivity index (χ2v) is 11.1. The van der Waals surface area contributed by atoms with Gasteiger partial charge in [0.1, 0.15) is 11.8 Å². The average molecular weight is 580 g/mol. The minimum atomic E-state index is -0.458. The molecule has 3 aromatic carbocycles. The zero-order valence-corrected chi connectivity index (χ0v) is 24.7. The number of hydrogen-bond acceptors (Lipinski definition) is 7. The van der Waals surface area contributed by atoms with Gasteiger partial charge >= 0.3 is 0 Å². The number of nitrogens with zero attached hydrogens (tertiary/aromatic N) is 4. The highest BCUT2D eigenvalue weighted by Crippen LogP contribution is 2.35. The van der Waals surface area contributed by atoms with Crippen LogP contribution in [-0.2, 0) is 6.54 Å². The minimum Gasteiger partial charge on any atom is -0.486 e. The third kappa shape index (κ3) is 7.07. The molecule has 1 aromatic heterocycles. The van der Waals surface area contributed by atoms with Crippen LogP contribution in [0.1, 0.15) is 40.3 Å². The molecule has 2 N–H and O–H groups in total. The molecule has 43 heavy (non-hydrogen) atoms. The van der Waals surface area contributed by atoms with Crippen LogP contribution < -0.4 is 10.1 Å². The van der Waals surface area contributed by atoms with Crippen molar-refractivity contribution < 1.29 is 19.4 Å². The second-order valence-electron chi connectivity index (χ2n) is 11.1. The van der Waals surface area contributed by atoms with Crippen LogP contribution >= 0.6 is 0 Å². The molecule has 0 bridgehead atoms. The quantitative estimate of drug-likeness (QED) is 0.295. The van der Waals surface area contributed by atoms with Crippen LogP contribution in [0.5, 0.6) is 5.75 Å². The summed E-state index contributed by atoms with van der Waals surface area (Å²) in [6.45, 7) is 5.40. The Labute approximate surface area is 252 Å². The summed E-state index contributed by atoms with van der Waals surface area (Å²) in [5.74, 6) is -0.486. The number of aliphatic hydroxyl groups is 1. The highest BCUT2D eigenvalue weighted by atomic mass is 16.5. The van der Waals surface area contributed by atoms with E-state index in [4.69, 9.17) is 4.74 Å². The number of fused-ring (bicyclic) bond motifs is 1. The first-order valence-corrected chi connectivity index (χ1v) is 14.5. The van der Waals surface area contributed by atoms with Crippen LogP contribution in [0, 0.1) is 5.92 Å². The van der Waals surface area contributed by atoms with Gasteiger partial charge in [0.25, 0.3) is 11.8 Å². The normalized spacial score (nSPS) is 17.4. The van der Waals surface area contributed by atoms with Crippen molar-refractivity contribution in [1.29, 1.82) is 0 Å². The lowest BCUT2D eigenvalue weighted by atomic mass is 9.98. The number of likely N-dealkylation sites (N-methyl/N-ethyl adjacent to an activating group) is 1. The van der Waals surface area contributed by atoms with Gasteiger partial charge in [0.05, 0.1) is 30.1 Å². The van der Waals surface area contributed by atoms with E-state index in [0.29, 0.717) is 36.6 Å². The number of aliphatic hydroxyl groups excluding tert-OH is 1. The summed E-state index contributed by atoms with van der Waals surface area (Å²) in [5.41, 5.74) is 4.36. The maximum absolute atomic E-state index is 13.7. The Morgan fingerprint density at radius 3 is 2.51 bits per heavy atom. The third-order valence-electron chi connectivity index (χ3n) is 7.74. The van der Waals surface area contributed by atoms with E-state index < -0.39 is 5.91 Å². The van der Waals surface area contributed by atoms with Crippen molar-refractivity contribution in [2.45, 2.75) is 32.5 Å². The molecule has 1 aliphatic heterocycles. The molecule has 5 rings (SSSR count). The van der Waals surface area contributed by atoms with Gasteiger partial charge in [0.15, 0.2) is 5.75 Å². The van der Waals surface area contributed by atoms with E-state index in [-0.39, 0.29) is 36.3 Å². The second kappa shape index (κ2) is 13.6. The van der Waals surface area contributed by atoms with Crippen LogP contribution in [0.15, 0.2) is 91.4 Å². The predicted octanol–water partition coefficient (Wildman–Crippen LogP) is 4.75. The van der Waals surface area contributed by atoms with Crippen LogP contribution in [0.3, 0.4) is 0 Å². The Bertz CT molecular complexity index is 1530. The fourth-order valence-corrected chi connectivity index (χ4v) is 5.28. The molecule has 0 saturated heterocycles. The third-order valence-corrected chi connectivity index (χ3v) is 7.74. The van der Waals surface area contributed by atoms with Crippen molar-refractivity contribution in [1.82, 2.24) is 19.8 Å². The van der Waals surface area contributed by atoms with E-state index in [9.17, 15) is 14.7 Å². The molecule has 3 atom stereocenters. The van der Waals surface area contributed by atoms with E-state index in [2.05, 4.69) is 56.6 Å². The molecule has 222 valence electrons. The van der Waals surface area contributed by atoms with Gasteiger partial charge in [0.2, 0.25) is 0 Å². The van der Waals surface area contributed by atoms with Gasteiger partial charge in [-0.05, 0) is 42.8 Å². The first-order chi connectivity index (χ1) is 20.8. The van der Waals surface area contributed by atoms with Crippen molar-refractivity contribution in [2.24, 2.45) is 5.92 Å². The predicted molar refractivity (Wildman–Crippen MR) is 166 cm³/mol. The van der Waals surface area contributed by atoms with Crippen molar-refractivity contribution in [2.75, 3.05) is 32.1 Å². The number of nitrogens with one attached hydrogen (secondary N) is 1. The lowest BCUT2D eigenvalue weighted by Crippen LogP contribution is -2.49. The Morgan fingerprint density at radius 1 is 1.07 bits per heavy atom. The summed E-state index contributed by atoms with van der Waals surface area (Å²) in [6.07, 6.45) is 4.00. The average Bonchev–Trinajstić information content (AvgIpc) is 3.03. The number of anilines is 1. The number of carbonyl (C=O) groups is 2. The molecule has 9 nitrogen and oxygen atoms in total. The van der Waals surface area contributed by atoms with Gasteiger partial charge in [-0.15, -0.1) is 0 Å². The number of hydrogen-bond donors (Lipinski definition) is 2. The van der Waals surface area contributed by atoms with Gasteiger partial charge in [0, 0.05) is 37.9 Å². The summed E-state index contributed by atoms with van der Waals surface area (Å²) in [5, 5.41) is 12.8. The van der Waals surface area contributed by atoms with E-state index >= 15 is 0 Å². The fraction of sp³-hybridized carbons (Fsp3) is 0.294. The molecular weight excluding hydrogens is 542 g/mol. The Morgan fingerprint density at radius 2 is 1.81 bits per heavy atom. The lowest BCUT2D eigenvalue weighted by Gasteiger charge is -2.38. The van der Waals surface area contributed by atoms with Crippen molar-refractivity contribution in [3.63, 3.8) is 0 Å². The van der Waals surface area contributed by atoms with Gasteiger partial charge in [-0.2, -0.15) is 0 Å². The molecule has 4 aromatic rings. The molecule has 0 radical (unpaired) electrons. The van der Waals surface area contributed by atoms with E-state index in [1.807, 2.05) is 39.1 Å². The molecule has 0 spiro atoms. The van der Waals surface area contributed by atoms with Crippen LogP contribution in [-0.4, -0.2) is 75.6 Å². The molecule has 0 aliphatic carbocycles. The number of aromatic nitrogens is 2. The standard InChI is InChI=1S/C34H37N5O4/c1-23-19-39(24(2)22-40)34(42)28-10-7-11-29(37-33(41)30-18-35-16-17-36-30)32(28)43-31(23)21-38(3)20-25-12-14-27(15-13-25)26-8-5-4-6-9-26/h4-18,23-24,31,40H,19-22H2,1-3H3,(H,37,41)/t23-,24-,31+/m1/s1. The maximum Gasteiger partial charge on any atom is 0.275 e. The van der Waals surface area contributed by atoms with Crippen LogP contribution in [0.2, 0.25) is 0 Å². The Balaban J connectivity index is 1.39. The summed E-state index contributed by atoms with van der Waals surface area (Å²) in [6, 6.07) is 23.5. The van der Waals surface area contributed by atoms with Crippen molar-refractivity contribution in [3.05, 3.63) is 108 Å². The smallest absolute Gasteiger partial charge is 0.275 e. The number of amides is 2. The number of ether oxygens (including phenoxy) is 1. The largest absolute Gasteiger partial charge is 0.486 e. The Kier molecular flexibility index (Phi) is 9.44. The maximum atomic E-state index is 13.7.